The first-order valence-electron chi connectivity index (χ1n) is 9.89. The number of rotatable bonds is 2. The van der Waals surface area contributed by atoms with Gasteiger partial charge in [0.25, 0.3) is 0 Å². The van der Waals surface area contributed by atoms with Crippen molar-refractivity contribution in [1.29, 1.82) is 0 Å². The summed E-state index contributed by atoms with van der Waals surface area (Å²) in [4.78, 5) is 25.4. The number of nitrogens with zero attached hydrogens (tertiary/aromatic N) is 2. The number of carbonyl (C=O) groups is 1. The zero-order chi connectivity index (χ0) is 20.9. The predicted octanol–water partition coefficient (Wildman–Crippen LogP) is 5.78. The second-order valence-corrected chi connectivity index (χ2v) is 8.46. The van der Waals surface area contributed by atoms with Crippen LogP contribution in [0.15, 0.2) is 66.7 Å². The molecule has 148 valence electrons. The van der Waals surface area contributed by atoms with E-state index in [1.54, 1.807) is 6.07 Å². The average molecular weight is 395 g/mol. The minimum atomic E-state index is -0.400. The number of benzene rings is 3. The van der Waals surface area contributed by atoms with E-state index in [0.29, 0.717) is 17.0 Å². The lowest BCUT2D eigenvalue weighted by Gasteiger charge is -2.19. The Morgan fingerprint density at radius 1 is 0.900 bits per heavy atom. The van der Waals surface area contributed by atoms with Gasteiger partial charge in [-0.15, -0.1) is 0 Å². The van der Waals surface area contributed by atoms with E-state index in [1.807, 2.05) is 60.7 Å². The van der Waals surface area contributed by atoms with Crippen molar-refractivity contribution in [2.75, 3.05) is 0 Å². The lowest BCUT2D eigenvalue weighted by Crippen LogP contribution is -2.11. The lowest BCUT2D eigenvalue weighted by molar-refractivity contribution is 0.0735. The van der Waals surface area contributed by atoms with E-state index < -0.39 is 5.97 Å². The van der Waals surface area contributed by atoms with Crippen LogP contribution in [0.1, 0.15) is 36.7 Å². The van der Waals surface area contributed by atoms with Crippen molar-refractivity contribution in [2.45, 2.75) is 26.2 Å². The first-order chi connectivity index (χ1) is 14.4. The standard InChI is InChI=1S/C25H21N3O2/c1-25(2,3)16-9-11-17(12-10-16)30-24(29)15-8-13-19-18(14-15)22-23(27-19)28-21-7-5-4-6-20(21)26-22/h4-14H,1-3H3,(H,27,28). The molecule has 30 heavy (non-hydrogen) atoms. The SMILES string of the molecule is CC(C)(C)c1ccc(OC(=O)c2ccc3[nH]c4nc5ccccc5nc4c3c2)cc1. The molecule has 0 amide bonds. The minimum Gasteiger partial charge on any atom is -0.423 e. The number of ether oxygens (including phenoxy) is 1. The average Bonchev–Trinajstić information content (AvgIpc) is 3.08. The van der Waals surface area contributed by atoms with Gasteiger partial charge in [0, 0.05) is 10.9 Å². The summed E-state index contributed by atoms with van der Waals surface area (Å²) in [6.45, 7) is 6.45. The summed E-state index contributed by atoms with van der Waals surface area (Å²) in [5.74, 6) is 0.126. The summed E-state index contributed by atoms with van der Waals surface area (Å²) in [6.07, 6.45) is 0. The molecule has 1 N–H and O–H groups in total. The molecule has 0 saturated heterocycles. The Bertz CT molecular complexity index is 1410. The zero-order valence-corrected chi connectivity index (χ0v) is 17.1. The molecule has 3 aromatic carbocycles. The Balaban J connectivity index is 1.50. The topological polar surface area (TPSA) is 67.9 Å². The van der Waals surface area contributed by atoms with Gasteiger partial charge < -0.3 is 9.72 Å². The van der Waals surface area contributed by atoms with Crippen LogP contribution in [0.4, 0.5) is 0 Å². The van der Waals surface area contributed by atoms with Crippen LogP contribution in [-0.2, 0) is 5.41 Å². The third-order valence-electron chi connectivity index (χ3n) is 5.26. The quantitative estimate of drug-likeness (QED) is 0.304. The number of carbonyl (C=O) groups excluding carboxylic acids is 1. The third kappa shape index (κ3) is 3.18. The van der Waals surface area contributed by atoms with Gasteiger partial charge in [0.15, 0.2) is 5.65 Å². The number of hydrogen-bond acceptors (Lipinski definition) is 4. The molecule has 0 saturated carbocycles. The highest BCUT2D eigenvalue weighted by molar-refractivity contribution is 6.08. The third-order valence-corrected chi connectivity index (χ3v) is 5.26. The molecule has 0 atom stereocenters. The molecule has 0 fully saturated rings. The van der Waals surface area contributed by atoms with Gasteiger partial charge in [-0.2, -0.15) is 0 Å². The van der Waals surface area contributed by atoms with Crippen molar-refractivity contribution < 1.29 is 9.53 Å². The van der Waals surface area contributed by atoms with Gasteiger partial charge in [-0.05, 0) is 53.4 Å². The van der Waals surface area contributed by atoms with Crippen LogP contribution in [-0.4, -0.2) is 20.9 Å². The number of esters is 1. The van der Waals surface area contributed by atoms with Crippen molar-refractivity contribution in [2.24, 2.45) is 0 Å². The summed E-state index contributed by atoms with van der Waals surface area (Å²) in [6, 6.07) is 20.8. The Morgan fingerprint density at radius 2 is 1.60 bits per heavy atom. The van der Waals surface area contributed by atoms with Crippen LogP contribution in [0.5, 0.6) is 5.75 Å². The number of fused-ring (bicyclic) bond motifs is 4. The predicted molar refractivity (Wildman–Crippen MR) is 119 cm³/mol. The van der Waals surface area contributed by atoms with Crippen molar-refractivity contribution in [1.82, 2.24) is 15.0 Å². The maximum absolute atomic E-state index is 12.7. The summed E-state index contributed by atoms with van der Waals surface area (Å²) >= 11 is 0. The molecular formula is C25H21N3O2. The van der Waals surface area contributed by atoms with Crippen LogP contribution < -0.4 is 4.74 Å². The molecule has 0 aliphatic heterocycles. The summed E-state index contributed by atoms with van der Waals surface area (Å²) in [7, 11) is 0. The molecule has 2 heterocycles. The molecule has 2 aromatic heterocycles. The number of nitrogens with one attached hydrogen (secondary N) is 1. The van der Waals surface area contributed by atoms with Gasteiger partial charge in [-0.3, -0.25) is 0 Å². The van der Waals surface area contributed by atoms with Gasteiger partial charge in [0.05, 0.1) is 16.6 Å². The molecule has 0 unspecified atom stereocenters. The Hall–Kier alpha value is -3.73. The maximum Gasteiger partial charge on any atom is 0.343 e. The highest BCUT2D eigenvalue weighted by Gasteiger charge is 2.16. The summed E-state index contributed by atoms with van der Waals surface area (Å²) in [5, 5.41) is 0.848. The summed E-state index contributed by atoms with van der Waals surface area (Å²) < 4.78 is 5.59. The van der Waals surface area contributed by atoms with Crippen molar-refractivity contribution in [3.05, 3.63) is 77.9 Å². The molecule has 5 nitrogen and oxygen atoms in total. The van der Waals surface area contributed by atoms with E-state index in [4.69, 9.17) is 9.72 Å². The Morgan fingerprint density at radius 3 is 2.30 bits per heavy atom. The monoisotopic (exact) mass is 395 g/mol. The van der Waals surface area contributed by atoms with Crippen LogP contribution in [0.2, 0.25) is 0 Å². The van der Waals surface area contributed by atoms with Gasteiger partial charge in [0.1, 0.15) is 11.3 Å². The molecule has 5 aromatic rings. The smallest absolute Gasteiger partial charge is 0.343 e. The van der Waals surface area contributed by atoms with E-state index in [0.717, 1.165) is 27.5 Å². The normalized spacial score (nSPS) is 12.0. The highest BCUT2D eigenvalue weighted by atomic mass is 16.5. The van der Waals surface area contributed by atoms with Crippen molar-refractivity contribution >= 4 is 39.1 Å². The number of para-hydroxylation sites is 2. The zero-order valence-electron chi connectivity index (χ0n) is 17.1. The number of aromatic amines is 1. The van der Waals surface area contributed by atoms with E-state index >= 15 is 0 Å². The second-order valence-electron chi connectivity index (χ2n) is 8.46. The van der Waals surface area contributed by atoms with E-state index in [2.05, 4.69) is 30.7 Å². The van der Waals surface area contributed by atoms with Gasteiger partial charge in [-0.25, -0.2) is 14.8 Å². The van der Waals surface area contributed by atoms with Gasteiger partial charge >= 0.3 is 5.97 Å². The van der Waals surface area contributed by atoms with Crippen molar-refractivity contribution in [3.8, 4) is 5.75 Å². The molecule has 0 bridgehead atoms. The van der Waals surface area contributed by atoms with Gasteiger partial charge in [0.2, 0.25) is 0 Å². The van der Waals surface area contributed by atoms with Crippen molar-refractivity contribution in [3.63, 3.8) is 0 Å². The molecule has 0 radical (unpaired) electrons. The molecule has 5 heteroatoms. The summed E-state index contributed by atoms with van der Waals surface area (Å²) in [5.41, 5.74) is 5.68. The fourth-order valence-electron chi connectivity index (χ4n) is 3.57. The van der Waals surface area contributed by atoms with Gasteiger partial charge in [-0.1, -0.05) is 45.0 Å². The lowest BCUT2D eigenvalue weighted by atomic mass is 9.87. The molecule has 0 aliphatic carbocycles. The maximum atomic E-state index is 12.7. The first kappa shape index (κ1) is 18.3. The first-order valence-corrected chi connectivity index (χ1v) is 9.89. The second kappa shape index (κ2) is 6.66. The molecule has 0 aliphatic rings. The number of aromatic nitrogens is 3. The van der Waals surface area contributed by atoms with E-state index in [9.17, 15) is 4.79 Å². The minimum absolute atomic E-state index is 0.0497. The Labute approximate surface area is 173 Å². The fraction of sp³-hybridized carbons (Fsp3) is 0.160. The molecule has 5 rings (SSSR count). The Kier molecular flexibility index (Phi) is 4.07. The van der Waals surface area contributed by atoms with E-state index in [1.165, 1.54) is 5.56 Å². The highest BCUT2D eigenvalue weighted by Crippen LogP contribution is 2.27. The van der Waals surface area contributed by atoms with Crippen LogP contribution in [0.3, 0.4) is 0 Å². The largest absolute Gasteiger partial charge is 0.423 e. The van der Waals surface area contributed by atoms with Crippen LogP contribution in [0, 0.1) is 0 Å². The number of H-pyrrole nitrogens is 1. The van der Waals surface area contributed by atoms with E-state index in [-0.39, 0.29) is 5.41 Å². The molecule has 0 spiro atoms. The number of hydrogen-bond donors (Lipinski definition) is 1. The molecular weight excluding hydrogens is 374 g/mol. The van der Waals surface area contributed by atoms with Crippen LogP contribution >= 0.6 is 0 Å². The fourth-order valence-corrected chi connectivity index (χ4v) is 3.57. The van der Waals surface area contributed by atoms with Crippen LogP contribution in [0.25, 0.3) is 33.1 Å².